The van der Waals surface area contributed by atoms with Crippen LogP contribution in [0.3, 0.4) is 0 Å². The van der Waals surface area contributed by atoms with Gasteiger partial charge in [0.25, 0.3) is 0 Å². The minimum Gasteiger partial charge on any atom is -0.345 e. The van der Waals surface area contributed by atoms with E-state index in [0.717, 1.165) is 28.3 Å². The zero-order chi connectivity index (χ0) is 21.7. The average molecular weight is 432 g/mol. The largest absolute Gasteiger partial charge is 0.345 e. The second-order valence-corrected chi connectivity index (χ2v) is 8.41. The Morgan fingerprint density at radius 3 is 2.43 bits per heavy atom. The molecule has 1 amide bonds. The number of amides is 1. The Morgan fingerprint density at radius 1 is 1.17 bits per heavy atom. The van der Waals surface area contributed by atoms with Crippen LogP contribution in [0, 0.1) is 5.82 Å². The summed E-state index contributed by atoms with van der Waals surface area (Å²) in [5.41, 5.74) is 0.967. The molecule has 0 bridgehead atoms. The van der Waals surface area contributed by atoms with Gasteiger partial charge in [-0.1, -0.05) is 42.4 Å². The van der Waals surface area contributed by atoms with Gasteiger partial charge in [-0.15, -0.1) is 0 Å². The maximum absolute atomic E-state index is 13.3. The topological polar surface area (TPSA) is 105 Å². The zero-order valence-corrected chi connectivity index (χ0v) is 17.3. The number of hydrogen-bond donors (Lipinski definition) is 1. The number of nitrogens with zero attached hydrogens (tertiary/aromatic N) is 3. The Labute approximate surface area is 173 Å². The first kappa shape index (κ1) is 21.4. The quantitative estimate of drug-likeness (QED) is 0.587. The van der Waals surface area contributed by atoms with Crippen LogP contribution in [0.4, 0.5) is 10.1 Å². The maximum Gasteiger partial charge on any atom is 0.246 e. The Bertz CT molecular complexity index is 1100. The maximum atomic E-state index is 13.3. The lowest BCUT2D eigenvalue weighted by Gasteiger charge is -2.29. The second-order valence-electron chi connectivity index (χ2n) is 6.55. The summed E-state index contributed by atoms with van der Waals surface area (Å²) in [5, 5.41) is 6.51. The van der Waals surface area contributed by atoms with Gasteiger partial charge in [-0.05, 0) is 30.7 Å². The van der Waals surface area contributed by atoms with Crippen molar-refractivity contribution in [2.24, 2.45) is 0 Å². The Kier molecular flexibility index (Phi) is 6.46. The van der Waals surface area contributed by atoms with Crippen molar-refractivity contribution in [1.82, 2.24) is 15.5 Å². The number of sulfonamides is 1. The van der Waals surface area contributed by atoms with E-state index in [4.69, 9.17) is 4.52 Å². The highest BCUT2D eigenvalue weighted by Crippen LogP contribution is 2.23. The standard InChI is InChI=1S/C20H21FN4O4S/c1-3-17(25(30(2,27)28)16-11-9-15(21)10-12-16)20(26)22-13-18-23-19(24-29-18)14-7-5-4-6-8-14/h4-12,17H,3,13H2,1-2H3,(H,22,26)/t17-/m0/s1. The monoisotopic (exact) mass is 432 g/mol. The van der Waals surface area contributed by atoms with Gasteiger partial charge >= 0.3 is 0 Å². The fourth-order valence-electron chi connectivity index (χ4n) is 2.96. The molecule has 1 N–H and O–H groups in total. The Morgan fingerprint density at radius 2 is 1.83 bits per heavy atom. The highest BCUT2D eigenvalue weighted by molar-refractivity contribution is 7.92. The molecule has 0 aliphatic heterocycles. The van der Waals surface area contributed by atoms with E-state index < -0.39 is 27.8 Å². The third-order valence-electron chi connectivity index (χ3n) is 4.32. The van der Waals surface area contributed by atoms with E-state index in [-0.39, 0.29) is 24.5 Å². The first-order valence-electron chi connectivity index (χ1n) is 9.20. The molecule has 0 spiro atoms. The summed E-state index contributed by atoms with van der Waals surface area (Å²) in [7, 11) is -3.80. The van der Waals surface area contributed by atoms with Crippen LogP contribution in [0.1, 0.15) is 19.2 Å². The lowest BCUT2D eigenvalue weighted by Crippen LogP contribution is -2.49. The summed E-state index contributed by atoms with van der Waals surface area (Å²) in [6.45, 7) is 1.63. The van der Waals surface area contributed by atoms with Crippen molar-refractivity contribution in [2.75, 3.05) is 10.6 Å². The van der Waals surface area contributed by atoms with Crippen molar-refractivity contribution in [3.8, 4) is 11.4 Å². The Hall–Kier alpha value is -3.27. The van der Waals surface area contributed by atoms with E-state index in [1.54, 1.807) is 6.92 Å². The van der Waals surface area contributed by atoms with Gasteiger partial charge in [-0.3, -0.25) is 9.10 Å². The minimum atomic E-state index is -3.80. The first-order chi connectivity index (χ1) is 14.3. The molecular weight excluding hydrogens is 411 g/mol. The molecule has 0 unspecified atom stereocenters. The molecule has 30 heavy (non-hydrogen) atoms. The van der Waals surface area contributed by atoms with Crippen LogP contribution in [0.2, 0.25) is 0 Å². The van der Waals surface area contributed by atoms with Gasteiger partial charge in [-0.25, -0.2) is 12.8 Å². The van der Waals surface area contributed by atoms with Crippen LogP contribution in [-0.4, -0.2) is 36.8 Å². The summed E-state index contributed by atoms with van der Waals surface area (Å²) in [6.07, 6.45) is 1.20. The van der Waals surface area contributed by atoms with E-state index in [1.165, 1.54) is 12.1 Å². The molecule has 0 fully saturated rings. The van der Waals surface area contributed by atoms with Crippen molar-refractivity contribution in [2.45, 2.75) is 25.9 Å². The fourth-order valence-corrected chi connectivity index (χ4v) is 4.17. The number of carbonyl (C=O) groups is 1. The molecule has 0 aliphatic rings. The predicted molar refractivity (Wildman–Crippen MR) is 109 cm³/mol. The molecule has 3 rings (SSSR count). The number of anilines is 1. The molecule has 8 nitrogen and oxygen atoms in total. The molecule has 3 aromatic rings. The fraction of sp³-hybridized carbons (Fsp3) is 0.250. The van der Waals surface area contributed by atoms with E-state index in [2.05, 4.69) is 15.5 Å². The van der Waals surface area contributed by atoms with Crippen LogP contribution in [-0.2, 0) is 21.4 Å². The first-order valence-corrected chi connectivity index (χ1v) is 11.0. The molecule has 0 aliphatic carbocycles. The third-order valence-corrected chi connectivity index (χ3v) is 5.50. The van der Waals surface area contributed by atoms with Gasteiger partial charge < -0.3 is 9.84 Å². The molecule has 1 aromatic heterocycles. The minimum absolute atomic E-state index is 0.0593. The molecular formula is C20H21FN4O4S. The van der Waals surface area contributed by atoms with Gasteiger partial charge in [-0.2, -0.15) is 4.98 Å². The molecule has 0 saturated carbocycles. The van der Waals surface area contributed by atoms with Crippen molar-refractivity contribution in [1.29, 1.82) is 0 Å². The van der Waals surface area contributed by atoms with E-state index in [0.29, 0.717) is 5.82 Å². The number of halogens is 1. The van der Waals surface area contributed by atoms with Crippen LogP contribution >= 0.6 is 0 Å². The molecule has 0 radical (unpaired) electrons. The molecule has 158 valence electrons. The van der Waals surface area contributed by atoms with E-state index in [1.807, 2.05) is 30.3 Å². The summed E-state index contributed by atoms with van der Waals surface area (Å²) < 4.78 is 44.1. The lowest BCUT2D eigenvalue weighted by atomic mass is 10.2. The predicted octanol–water partition coefficient (Wildman–Crippen LogP) is 2.74. The molecule has 1 atom stereocenters. The molecule has 10 heteroatoms. The smallest absolute Gasteiger partial charge is 0.246 e. The molecule has 1 heterocycles. The van der Waals surface area contributed by atoms with Crippen LogP contribution in [0.15, 0.2) is 59.1 Å². The van der Waals surface area contributed by atoms with Gasteiger partial charge in [0.2, 0.25) is 27.6 Å². The highest BCUT2D eigenvalue weighted by atomic mass is 32.2. The van der Waals surface area contributed by atoms with Crippen molar-refractivity contribution in [3.63, 3.8) is 0 Å². The van der Waals surface area contributed by atoms with E-state index >= 15 is 0 Å². The zero-order valence-electron chi connectivity index (χ0n) is 16.4. The SMILES string of the molecule is CC[C@@H](C(=O)NCc1nc(-c2ccccc2)no1)N(c1ccc(F)cc1)S(C)(=O)=O. The van der Waals surface area contributed by atoms with Gasteiger partial charge in [0.05, 0.1) is 18.5 Å². The third kappa shape index (κ3) is 5.01. The number of nitrogens with one attached hydrogen (secondary N) is 1. The van der Waals surface area contributed by atoms with Crippen molar-refractivity contribution in [3.05, 3.63) is 66.3 Å². The van der Waals surface area contributed by atoms with E-state index in [9.17, 15) is 17.6 Å². The number of hydrogen-bond acceptors (Lipinski definition) is 6. The normalized spacial score (nSPS) is 12.4. The molecule has 0 saturated heterocycles. The summed E-state index contributed by atoms with van der Waals surface area (Å²) in [4.78, 5) is 17.0. The second kappa shape index (κ2) is 9.04. The summed E-state index contributed by atoms with van der Waals surface area (Å²) in [6, 6.07) is 13.1. The average Bonchev–Trinajstić information content (AvgIpc) is 3.20. The lowest BCUT2D eigenvalue weighted by molar-refractivity contribution is -0.122. The van der Waals surface area contributed by atoms with Crippen molar-refractivity contribution < 1.29 is 22.1 Å². The van der Waals surface area contributed by atoms with Gasteiger partial charge in [0.15, 0.2) is 0 Å². The van der Waals surface area contributed by atoms with Crippen LogP contribution in [0.25, 0.3) is 11.4 Å². The highest BCUT2D eigenvalue weighted by Gasteiger charge is 2.31. The summed E-state index contributed by atoms with van der Waals surface area (Å²) in [5.74, 6) is -0.470. The number of rotatable bonds is 8. The van der Waals surface area contributed by atoms with Crippen LogP contribution < -0.4 is 9.62 Å². The van der Waals surface area contributed by atoms with Gasteiger partial charge in [0, 0.05) is 5.56 Å². The van der Waals surface area contributed by atoms with Gasteiger partial charge in [0.1, 0.15) is 11.9 Å². The van der Waals surface area contributed by atoms with Crippen molar-refractivity contribution >= 4 is 21.6 Å². The number of carbonyl (C=O) groups excluding carboxylic acids is 1. The van der Waals surface area contributed by atoms with Crippen LogP contribution in [0.5, 0.6) is 0 Å². The Balaban J connectivity index is 1.75. The number of benzene rings is 2. The summed E-state index contributed by atoms with van der Waals surface area (Å²) >= 11 is 0. The molecule has 2 aromatic carbocycles. The number of aromatic nitrogens is 2.